The highest BCUT2D eigenvalue weighted by molar-refractivity contribution is 5.37. The number of fused-ring (bicyclic) bond motifs is 1. The number of methoxy groups -OCH3 is 1. The van der Waals surface area contributed by atoms with Gasteiger partial charge in [0, 0.05) is 31.7 Å². The molecule has 0 radical (unpaired) electrons. The fourth-order valence-corrected chi connectivity index (χ4v) is 2.35. The normalized spacial score (nSPS) is 19.3. The Morgan fingerprint density at radius 1 is 1.47 bits per heavy atom. The van der Waals surface area contributed by atoms with Crippen LogP contribution in [0.25, 0.3) is 0 Å². The van der Waals surface area contributed by atoms with Gasteiger partial charge >= 0.3 is 0 Å². The summed E-state index contributed by atoms with van der Waals surface area (Å²) in [6.07, 6.45) is 0.840. The van der Waals surface area contributed by atoms with Crippen molar-refractivity contribution in [1.29, 1.82) is 0 Å². The van der Waals surface area contributed by atoms with E-state index in [9.17, 15) is 4.39 Å². The maximum Gasteiger partial charge on any atom is 0.123 e. The molecule has 0 aliphatic carbocycles. The van der Waals surface area contributed by atoms with Crippen molar-refractivity contribution in [1.82, 2.24) is 5.32 Å². The van der Waals surface area contributed by atoms with Crippen LogP contribution in [0.5, 0.6) is 5.75 Å². The van der Waals surface area contributed by atoms with Gasteiger partial charge in [0.15, 0.2) is 0 Å². The summed E-state index contributed by atoms with van der Waals surface area (Å²) in [6, 6.07) is 5.02. The van der Waals surface area contributed by atoms with E-state index in [0.29, 0.717) is 18.6 Å². The smallest absolute Gasteiger partial charge is 0.123 e. The first kappa shape index (κ1) is 14.3. The van der Waals surface area contributed by atoms with Gasteiger partial charge in [0.25, 0.3) is 0 Å². The largest absolute Gasteiger partial charge is 0.488 e. The minimum absolute atomic E-state index is 0.0786. The van der Waals surface area contributed by atoms with Crippen LogP contribution < -0.4 is 10.1 Å². The third kappa shape index (κ3) is 3.67. The summed E-state index contributed by atoms with van der Waals surface area (Å²) >= 11 is 0. The van der Waals surface area contributed by atoms with Crippen LogP contribution in [-0.2, 0) is 11.2 Å². The van der Waals surface area contributed by atoms with Crippen LogP contribution >= 0.6 is 0 Å². The van der Waals surface area contributed by atoms with Crippen molar-refractivity contribution >= 4 is 0 Å². The molecule has 3 nitrogen and oxygen atoms in total. The van der Waals surface area contributed by atoms with E-state index in [4.69, 9.17) is 9.47 Å². The molecule has 1 N–H and O–H groups in total. The predicted molar refractivity (Wildman–Crippen MR) is 73.0 cm³/mol. The second-order valence-corrected chi connectivity index (χ2v) is 5.41. The van der Waals surface area contributed by atoms with Crippen LogP contribution in [-0.4, -0.2) is 32.4 Å². The molecule has 0 fully saturated rings. The number of hydrogen-bond donors (Lipinski definition) is 1. The van der Waals surface area contributed by atoms with Crippen molar-refractivity contribution in [2.45, 2.75) is 32.4 Å². The van der Waals surface area contributed by atoms with E-state index in [1.807, 2.05) is 0 Å². The molecule has 1 heterocycles. The van der Waals surface area contributed by atoms with Gasteiger partial charge in [0.1, 0.15) is 17.7 Å². The standard InChI is InChI=1S/C15H22FNO2/c1-10(2)14(9-18-3)17-8-13-7-11-6-12(16)4-5-15(11)19-13/h4-6,10,13-14,17H,7-9H2,1-3H3. The Labute approximate surface area is 114 Å². The number of benzene rings is 1. The summed E-state index contributed by atoms with van der Waals surface area (Å²) < 4.78 is 24.1. The third-order valence-electron chi connectivity index (χ3n) is 3.52. The summed E-state index contributed by atoms with van der Waals surface area (Å²) in [5.74, 6) is 1.11. The number of halogens is 1. The van der Waals surface area contributed by atoms with Crippen LogP contribution in [0.3, 0.4) is 0 Å². The molecule has 0 saturated carbocycles. The van der Waals surface area contributed by atoms with Crippen molar-refractivity contribution in [3.8, 4) is 5.75 Å². The lowest BCUT2D eigenvalue weighted by atomic mass is 10.0. The topological polar surface area (TPSA) is 30.5 Å². The molecule has 0 bridgehead atoms. The van der Waals surface area contributed by atoms with Crippen molar-refractivity contribution in [3.05, 3.63) is 29.6 Å². The fraction of sp³-hybridized carbons (Fsp3) is 0.600. The van der Waals surface area contributed by atoms with Gasteiger partial charge in [0.2, 0.25) is 0 Å². The fourth-order valence-electron chi connectivity index (χ4n) is 2.35. The minimum Gasteiger partial charge on any atom is -0.488 e. The van der Waals surface area contributed by atoms with E-state index in [1.165, 1.54) is 6.07 Å². The van der Waals surface area contributed by atoms with Gasteiger partial charge in [0.05, 0.1) is 6.61 Å². The first-order chi connectivity index (χ1) is 9.10. The number of hydrogen-bond acceptors (Lipinski definition) is 3. The van der Waals surface area contributed by atoms with Crippen LogP contribution in [0.4, 0.5) is 4.39 Å². The quantitative estimate of drug-likeness (QED) is 0.858. The molecule has 0 saturated heterocycles. The molecule has 4 heteroatoms. The summed E-state index contributed by atoms with van der Waals surface area (Å²) in [5, 5.41) is 3.47. The highest BCUT2D eigenvalue weighted by atomic mass is 19.1. The van der Waals surface area contributed by atoms with E-state index >= 15 is 0 Å². The van der Waals surface area contributed by atoms with Gasteiger partial charge in [-0.25, -0.2) is 4.39 Å². The second-order valence-electron chi connectivity index (χ2n) is 5.41. The minimum atomic E-state index is -0.199. The highest BCUT2D eigenvalue weighted by Crippen LogP contribution is 2.29. The zero-order valence-electron chi connectivity index (χ0n) is 11.8. The zero-order valence-corrected chi connectivity index (χ0v) is 11.8. The molecule has 19 heavy (non-hydrogen) atoms. The van der Waals surface area contributed by atoms with E-state index in [1.54, 1.807) is 19.2 Å². The summed E-state index contributed by atoms with van der Waals surface area (Å²) in [6.45, 7) is 5.76. The van der Waals surface area contributed by atoms with Crippen molar-refractivity contribution in [3.63, 3.8) is 0 Å². The maximum atomic E-state index is 13.1. The first-order valence-electron chi connectivity index (χ1n) is 6.77. The molecule has 2 atom stereocenters. The number of rotatable bonds is 6. The van der Waals surface area contributed by atoms with Crippen molar-refractivity contribution in [2.75, 3.05) is 20.3 Å². The molecule has 0 amide bonds. The van der Waals surface area contributed by atoms with E-state index in [0.717, 1.165) is 24.3 Å². The lowest BCUT2D eigenvalue weighted by molar-refractivity contribution is 0.136. The van der Waals surface area contributed by atoms with E-state index in [-0.39, 0.29) is 11.9 Å². The van der Waals surface area contributed by atoms with Gasteiger partial charge in [-0.15, -0.1) is 0 Å². The summed E-state index contributed by atoms with van der Waals surface area (Å²) in [4.78, 5) is 0. The molecule has 0 spiro atoms. The van der Waals surface area contributed by atoms with Gasteiger partial charge in [-0.05, 0) is 24.1 Å². The zero-order chi connectivity index (χ0) is 13.8. The van der Waals surface area contributed by atoms with E-state index in [2.05, 4.69) is 19.2 Å². The molecular weight excluding hydrogens is 245 g/mol. The first-order valence-corrected chi connectivity index (χ1v) is 6.77. The lowest BCUT2D eigenvalue weighted by Gasteiger charge is -2.23. The maximum absolute atomic E-state index is 13.1. The molecule has 2 rings (SSSR count). The molecule has 1 aromatic carbocycles. The molecule has 106 valence electrons. The Morgan fingerprint density at radius 3 is 2.95 bits per heavy atom. The monoisotopic (exact) mass is 267 g/mol. The van der Waals surface area contributed by atoms with Gasteiger partial charge in [-0.1, -0.05) is 13.8 Å². The third-order valence-corrected chi connectivity index (χ3v) is 3.52. The Bertz CT molecular complexity index is 423. The average molecular weight is 267 g/mol. The second kappa shape index (κ2) is 6.35. The Kier molecular flexibility index (Phi) is 4.77. The van der Waals surface area contributed by atoms with Crippen LogP contribution in [0.1, 0.15) is 19.4 Å². The van der Waals surface area contributed by atoms with Crippen LogP contribution in [0, 0.1) is 11.7 Å². The Hall–Kier alpha value is -1.13. The highest BCUT2D eigenvalue weighted by Gasteiger charge is 2.24. The molecular formula is C15H22FNO2. The summed E-state index contributed by atoms with van der Waals surface area (Å²) in [7, 11) is 1.71. The van der Waals surface area contributed by atoms with Crippen molar-refractivity contribution in [2.24, 2.45) is 5.92 Å². The SMILES string of the molecule is COCC(NCC1Cc2cc(F)ccc2O1)C(C)C. The Morgan fingerprint density at radius 2 is 2.26 bits per heavy atom. The number of nitrogens with one attached hydrogen (secondary N) is 1. The van der Waals surface area contributed by atoms with Gasteiger partial charge in [-0.2, -0.15) is 0 Å². The van der Waals surface area contributed by atoms with Gasteiger partial charge in [-0.3, -0.25) is 0 Å². The average Bonchev–Trinajstić information content (AvgIpc) is 2.75. The van der Waals surface area contributed by atoms with Crippen LogP contribution in [0.15, 0.2) is 18.2 Å². The Balaban J connectivity index is 1.86. The lowest BCUT2D eigenvalue weighted by Crippen LogP contribution is -2.42. The summed E-state index contributed by atoms with van der Waals surface area (Å²) in [5.41, 5.74) is 0.958. The van der Waals surface area contributed by atoms with Gasteiger partial charge < -0.3 is 14.8 Å². The van der Waals surface area contributed by atoms with E-state index < -0.39 is 0 Å². The molecule has 1 aromatic rings. The molecule has 2 unspecified atom stereocenters. The number of ether oxygens (including phenoxy) is 2. The van der Waals surface area contributed by atoms with Crippen LogP contribution in [0.2, 0.25) is 0 Å². The predicted octanol–water partition coefficient (Wildman–Crippen LogP) is 2.39. The molecule has 0 aromatic heterocycles. The van der Waals surface area contributed by atoms with Crippen molar-refractivity contribution < 1.29 is 13.9 Å². The molecule has 1 aliphatic rings. The molecule has 1 aliphatic heterocycles.